The van der Waals surface area contributed by atoms with Crippen molar-refractivity contribution in [3.63, 3.8) is 0 Å². The molecule has 3 amide bonds. The van der Waals surface area contributed by atoms with Crippen LogP contribution in [0.5, 0.6) is 0 Å². The van der Waals surface area contributed by atoms with Crippen LogP contribution in [-0.4, -0.2) is 66.5 Å². The first-order valence-corrected chi connectivity index (χ1v) is 12.1. The molecule has 2 heterocycles. The number of ketones is 1. The third-order valence-electron chi connectivity index (χ3n) is 7.49. The number of rotatable bonds is 9. The van der Waals surface area contributed by atoms with Crippen molar-refractivity contribution < 1.29 is 37.1 Å². The molecule has 4 rings (SSSR count). The lowest BCUT2D eigenvalue weighted by Gasteiger charge is -2.29. The summed E-state index contributed by atoms with van der Waals surface area (Å²) in [5, 5.41) is 5.18. The van der Waals surface area contributed by atoms with Gasteiger partial charge < -0.3 is 15.5 Å². The Morgan fingerprint density at radius 1 is 1.22 bits per heavy atom. The third-order valence-corrected chi connectivity index (χ3v) is 7.49. The smallest absolute Gasteiger partial charge is 0.356 e. The van der Waals surface area contributed by atoms with Crippen LogP contribution in [0.3, 0.4) is 0 Å². The summed E-state index contributed by atoms with van der Waals surface area (Å²) in [5.41, 5.74) is 0.668. The number of amides is 3. The minimum absolute atomic E-state index is 0.135. The first kappa shape index (κ1) is 26.1. The van der Waals surface area contributed by atoms with E-state index in [0.29, 0.717) is 25.9 Å². The molecule has 4 atom stereocenters. The van der Waals surface area contributed by atoms with Crippen molar-refractivity contribution in [3.05, 3.63) is 35.9 Å². The van der Waals surface area contributed by atoms with Crippen LogP contribution in [-0.2, 0) is 23.9 Å². The van der Waals surface area contributed by atoms with Crippen LogP contribution < -0.4 is 10.6 Å². The van der Waals surface area contributed by atoms with E-state index in [0.717, 1.165) is 18.4 Å². The average molecular weight is 510 g/mol. The Hall–Kier alpha value is -2.95. The second-order valence-electron chi connectivity index (χ2n) is 10.1. The molecule has 1 aromatic carbocycles. The van der Waals surface area contributed by atoms with Crippen LogP contribution in [0.4, 0.5) is 13.2 Å². The van der Waals surface area contributed by atoms with Gasteiger partial charge in [0.05, 0.1) is 12.0 Å². The highest BCUT2D eigenvalue weighted by Gasteiger charge is 2.55. The van der Waals surface area contributed by atoms with Crippen molar-refractivity contribution in [2.24, 2.45) is 11.3 Å². The second-order valence-corrected chi connectivity index (χ2v) is 10.1. The van der Waals surface area contributed by atoms with E-state index < -0.39 is 48.6 Å². The Morgan fingerprint density at radius 2 is 1.92 bits per heavy atom. The number of carbonyl (C=O) groups excluding carboxylic acids is 4. The monoisotopic (exact) mass is 509 g/mol. The predicted molar refractivity (Wildman–Crippen MR) is 121 cm³/mol. The highest BCUT2D eigenvalue weighted by atomic mass is 19.4. The second kappa shape index (κ2) is 10.2. The molecule has 3 aliphatic rings. The van der Waals surface area contributed by atoms with Gasteiger partial charge in [0, 0.05) is 19.0 Å². The van der Waals surface area contributed by atoms with Gasteiger partial charge in [0.2, 0.25) is 17.7 Å². The highest BCUT2D eigenvalue weighted by Crippen LogP contribution is 2.55. The lowest BCUT2D eigenvalue weighted by molar-refractivity contribution is -0.321. The van der Waals surface area contributed by atoms with E-state index in [1.165, 1.54) is 4.90 Å². The van der Waals surface area contributed by atoms with Crippen LogP contribution in [0.25, 0.3) is 0 Å². The predicted octanol–water partition coefficient (Wildman–Crippen LogP) is 2.29. The summed E-state index contributed by atoms with van der Waals surface area (Å²) in [5.74, 6) is -3.21. The van der Waals surface area contributed by atoms with Gasteiger partial charge in [-0.15, -0.1) is 13.2 Å². The normalized spacial score (nSPS) is 24.3. The average Bonchev–Trinajstić information content (AvgIpc) is 3.30. The number of hydrogen-bond donors (Lipinski definition) is 2. The zero-order valence-electron chi connectivity index (χ0n) is 20.0. The number of halogens is 3. The van der Waals surface area contributed by atoms with Crippen molar-refractivity contribution in [2.45, 2.75) is 63.4 Å². The largest absolute Gasteiger partial charge is 0.522 e. The maximum absolute atomic E-state index is 13.4. The minimum Gasteiger partial charge on any atom is -0.356 e. The van der Waals surface area contributed by atoms with Crippen LogP contribution in [0.15, 0.2) is 30.3 Å². The Morgan fingerprint density at radius 3 is 2.50 bits per heavy atom. The molecule has 3 fully saturated rings. The topological polar surface area (TPSA) is 105 Å². The van der Waals surface area contributed by atoms with Crippen LogP contribution in [0.1, 0.15) is 50.5 Å². The van der Waals surface area contributed by atoms with Crippen LogP contribution in [0, 0.1) is 11.3 Å². The van der Waals surface area contributed by atoms with Gasteiger partial charge >= 0.3 is 6.36 Å². The standard InChI is InChI=1S/C25H30F3N3O5/c1-15(16-5-3-2-4-6-16)23(35)31-14-24(8-9-24)12-19(31)22(34)30-18(11-17-7-10-29-21(17)33)20(32)13-36-25(26,27)28/h2-6,15,17-19H,7-14H2,1H3,(H,29,33)(H,30,34)/t15-,17-,18-,19-/m0/s1. The summed E-state index contributed by atoms with van der Waals surface area (Å²) >= 11 is 0. The first-order chi connectivity index (χ1) is 17.0. The summed E-state index contributed by atoms with van der Waals surface area (Å²) in [6.45, 7) is 1.30. The number of ether oxygens (including phenoxy) is 1. The summed E-state index contributed by atoms with van der Waals surface area (Å²) in [6.07, 6.45) is -2.55. The zero-order chi connectivity index (χ0) is 26.1. The lowest BCUT2D eigenvalue weighted by Crippen LogP contribution is -2.52. The minimum atomic E-state index is -5.00. The van der Waals surface area contributed by atoms with Gasteiger partial charge in [0.15, 0.2) is 5.78 Å². The van der Waals surface area contributed by atoms with Gasteiger partial charge in [-0.05, 0) is 50.0 Å². The quantitative estimate of drug-likeness (QED) is 0.532. The number of nitrogens with one attached hydrogen (secondary N) is 2. The van der Waals surface area contributed by atoms with Gasteiger partial charge in [-0.25, -0.2) is 0 Å². The van der Waals surface area contributed by atoms with E-state index in [2.05, 4.69) is 15.4 Å². The van der Waals surface area contributed by atoms with E-state index in [-0.39, 0.29) is 23.7 Å². The number of Topliss-reactive ketones (excluding diaryl/α,β-unsaturated/α-hetero) is 1. The van der Waals surface area contributed by atoms with E-state index in [1.807, 2.05) is 30.3 Å². The van der Waals surface area contributed by atoms with Gasteiger partial charge in [-0.2, -0.15) is 0 Å². The maximum atomic E-state index is 13.4. The summed E-state index contributed by atoms with van der Waals surface area (Å²) < 4.78 is 41.3. The van der Waals surface area contributed by atoms with Gasteiger partial charge in [0.25, 0.3) is 0 Å². The molecule has 0 unspecified atom stereocenters. The molecule has 2 N–H and O–H groups in total. The molecule has 36 heavy (non-hydrogen) atoms. The molecular weight excluding hydrogens is 479 g/mol. The molecule has 2 aliphatic heterocycles. The maximum Gasteiger partial charge on any atom is 0.522 e. The number of nitrogens with zero attached hydrogens (tertiary/aromatic N) is 1. The molecule has 196 valence electrons. The van der Waals surface area contributed by atoms with Crippen molar-refractivity contribution in [1.82, 2.24) is 15.5 Å². The number of likely N-dealkylation sites (tertiary alicyclic amines) is 1. The van der Waals surface area contributed by atoms with Crippen molar-refractivity contribution in [1.29, 1.82) is 0 Å². The van der Waals surface area contributed by atoms with Gasteiger partial charge in [0.1, 0.15) is 12.6 Å². The number of carbonyl (C=O) groups is 4. The zero-order valence-corrected chi connectivity index (χ0v) is 20.0. The number of benzene rings is 1. The molecule has 0 bridgehead atoms. The highest BCUT2D eigenvalue weighted by molar-refractivity contribution is 5.95. The molecule has 1 saturated carbocycles. The summed E-state index contributed by atoms with van der Waals surface area (Å²) in [7, 11) is 0. The van der Waals surface area contributed by atoms with E-state index >= 15 is 0 Å². The SMILES string of the molecule is C[C@H](C(=O)N1CC2(CC2)C[C@H]1C(=O)N[C@@H](C[C@@H]1CCNC1=O)C(=O)COC(F)(F)F)c1ccccc1. The first-order valence-electron chi connectivity index (χ1n) is 12.1. The Kier molecular flexibility index (Phi) is 7.40. The van der Waals surface area contributed by atoms with Crippen molar-refractivity contribution >= 4 is 23.5 Å². The molecule has 2 saturated heterocycles. The molecule has 1 aromatic rings. The fourth-order valence-electron chi connectivity index (χ4n) is 5.14. The lowest BCUT2D eigenvalue weighted by atomic mass is 9.95. The van der Waals surface area contributed by atoms with Gasteiger partial charge in [-0.1, -0.05) is 30.3 Å². The Bertz CT molecular complexity index is 1010. The molecule has 11 heteroatoms. The van der Waals surface area contributed by atoms with E-state index in [1.54, 1.807) is 6.92 Å². The summed E-state index contributed by atoms with van der Waals surface area (Å²) in [4.78, 5) is 53.0. The van der Waals surface area contributed by atoms with Crippen LogP contribution in [0.2, 0.25) is 0 Å². The molecule has 0 radical (unpaired) electrons. The van der Waals surface area contributed by atoms with E-state index in [4.69, 9.17) is 0 Å². The molecule has 1 spiro atoms. The van der Waals surface area contributed by atoms with Gasteiger partial charge in [-0.3, -0.25) is 23.9 Å². The molecule has 8 nitrogen and oxygen atoms in total. The Labute approximate surface area is 206 Å². The summed E-state index contributed by atoms with van der Waals surface area (Å²) in [6, 6.07) is 6.99. The fraction of sp³-hybridized carbons (Fsp3) is 0.600. The molecule has 1 aliphatic carbocycles. The number of alkyl halides is 3. The molecular formula is C25H30F3N3O5. The third kappa shape index (κ3) is 6.05. The fourth-order valence-corrected chi connectivity index (χ4v) is 5.14. The van der Waals surface area contributed by atoms with Crippen molar-refractivity contribution in [3.8, 4) is 0 Å². The Balaban J connectivity index is 1.49. The van der Waals surface area contributed by atoms with Crippen molar-refractivity contribution in [2.75, 3.05) is 19.7 Å². The number of hydrogen-bond acceptors (Lipinski definition) is 5. The van der Waals surface area contributed by atoms with Crippen LogP contribution >= 0.6 is 0 Å². The van der Waals surface area contributed by atoms with E-state index in [9.17, 15) is 32.3 Å². The molecule has 0 aromatic heterocycles.